The van der Waals surface area contributed by atoms with E-state index in [1.165, 1.54) is 11.1 Å². The molecule has 0 bridgehead atoms. The molecule has 1 aromatic carbocycles. The van der Waals surface area contributed by atoms with Gasteiger partial charge < -0.3 is 0 Å². The van der Waals surface area contributed by atoms with Gasteiger partial charge in [-0.15, -0.1) is 11.8 Å². The molecule has 0 amide bonds. The molecule has 0 aliphatic carbocycles. The Hall–Kier alpha value is -1.88. The van der Waals surface area contributed by atoms with Crippen molar-refractivity contribution in [2.45, 2.75) is 10.8 Å². The minimum atomic E-state index is 0.884. The molecule has 82 valence electrons. The highest BCUT2D eigenvalue weighted by molar-refractivity contribution is 7.98. The molecule has 4 rings (SSSR count). The van der Waals surface area contributed by atoms with Gasteiger partial charge in [0.2, 0.25) is 0 Å². The predicted molar refractivity (Wildman–Crippen MR) is 65.8 cm³/mol. The van der Waals surface area contributed by atoms with Crippen molar-refractivity contribution in [1.29, 1.82) is 0 Å². The summed E-state index contributed by atoms with van der Waals surface area (Å²) in [6, 6.07) is 8.41. The second-order valence-corrected chi connectivity index (χ2v) is 4.86. The molecule has 1 aliphatic heterocycles. The van der Waals surface area contributed by atoms with Gasteiger partial charge in [-0.1, -0.05) is 24.3 Å². The van der Waals surface area contributed by atoms with E-state index >= 15 is 0 Å². The van der Waals surface area contributed by atoms with Gasteiger partial charge in [-0.05, 0) is 11.1 Å². The van der Waals surface area contributed by atoms with Gasteiger partial charge >= 0.3 is 0 Å². The van der Waals surface area contributed by atoms with Crippen LogP contribution in [0.2, 0.25) is 0 Å². The smallest absolute Gasteiger partial charge is 0.167 e. The van der Waals surface area contributed by atoms with E-state index in [4.69, 9.17) is 0 Å². The molecule has 4 nitrogen and oxygen atoms in total. The van der Waals surface area contributed by atoms with Crippen LogP contribution >= 0.6 is 11.8 Å². The fourth-order valence-electron chi connectivity index (χ4n) is 2.16. The summed E-state index contributed by atoms with van der Waals surface area (Å²) in [6.07, 6.45) is 3.29. The number of aromatic nitrogens is 4. The highest BCUT2D eigenvalue weighted by atomic mass is 32.2. The molecular formula is C12H8N4S. The van der Waals surface area contributed by atoms with Crippen molar-refractivity contribution in [3.63, 3.8) is 0 Å². The van der Waals surface area contributed by atoms with Gasteiger partial charge in [-0.25, -0.2) is 14.5 Å². The van der Waals surface area contributed by atoms with Crippen molar-refractivity contribution in [2.24, 2.45) is 0 Å². The van der Waals surface area contributed by atoms with Crippen LogP contribution in [0.5, 0.6) is 0 Å². The highest BCUT2D eigenvalue weighted by Gasteiger charge is 2.21. The van der Waals surface area contributed by atoms with Gasteiger partial charge in [0.25, 0.3) is 0 Å². The maximum Gasteiger partial charge on any atom is 0.167 e. The van der Waals surface area contributed by atoms with Crippen molar-refractivity contribution in [3.05, 3.63) is 42.5 Å². The van der Waals surface area contributed by atoms with Crippen LogP contribution in [0.3, 0.4) is 0 Å². The van der Waals surface area contributed by atoms with E-state index in [0.29, 0.717) is 0 Å². The molecule has 2 aromatic heterocycles. The zero-order valence-corrected chi connectivity index (χ0v) is 9.68. The quantitative estimate of drug-likeness (QED) is 0.566. The Balaban J connectivity index is 2.16. The van der Waals surface area contributed by atoms with Crippen molar-refractivity contribution >= 4 is 17.4 Å². The van der Waals surface area contributed by atoms with Crippen molar-refractivity contribution in [3.8, 4) is 11.1 Å². The Bertz CT molecular complexity index is 719. The summed E-state index contributed by atoms with van der Waals surface area (Å²) in [5.41, 5.74) is 4.56. The zero-order valence-electron chi connectivity index (χ0n) is 8.87. The van der Waals surface area contributed by atoms with E-state index in [-0.39, 0.29) is 0 Å². The lowest BCUT2D eigenvalue weighted by atomic mass is 10.0. The van der Waals surface area contributed by atoms with Crippen LogP contribution < -0.4 is 0 Å². The van der Waals surface area contributed by atoms with E-state index in [0.717, 1.165) is 22.0 Å². The summed E-state index contributed by atoms with van der Waals surface area (Å²) in [5, 5.41) is 5.18. The minimum Gasteiger partial charge on any atom is -0.229 e. The Kier molecular flexibility index (Phi) is 1.78. The second-order valence-electron chi connectivity index (χ2n) is 3.90. The topological polar surface area (TPSA) is 43.1 Å². The average Bonchev–Trinajstić information content (AvgIpc) is 2.86. The molecule has 0 saturated heterocycles. The van der Waals surface area contributed by atoms with Gasteiger partial charge in [0.1, 0.15) is 17.7 Å². The number of hydrogen-bond acceptors (Lipinski definition) is 4. The number of nitrogens with zero attached hydrogens (tertiary/aromatic N) is 4. The molecule has 5 heteroatoms. The first-order valence-electron chi connectivity index (χ1n) is 5.33. The van der Waals surface area contributed by atoms with Crippen LogP contribution in [0.1, 0.15) is 5.56 Å². The van der Waals surface area contributed by atoms with E-state index in [1.54, 1.807) is 28.9 Å². The van der Waals surface area contributed by atoms with E-state index in [2.05, 4.69) is 39.3 Å². The molecule has 0 saturated carbocycles. The molecule has 17 heavy (non-hydrogen) atoms. The van der Waals surface area contributed by atoms with Gasteiger partial charge in [-0.3, -0.25) is 0 Å². The molecule has 0 atom stereocenters. The Morgan fingerprint density at radius 2 is 2.12 bits per heavy atom. The summed E-state index contributed by atoms with van der Waals surface area (Å²) >= 11 is 1.76. The third kappa shape index (κ3) is 1.23. The molecule has 1 aliphatic rings. The van der Waals surface area contributed by atoms with Crippen molar-refractivity contribution in [1.82, 2.24) is 19.6 Å². The number of thioether (sulfide) groups is 1. The standard InChI is InChI=1S/C12H8N4S/c1-2-4-9-8(3-1)5-17-12-10(9)11-13-6-15-16(11)7-14-12/h1-4,6-7H,5H2. The van der Waals surface area contributed by atoms with Crippen molar-refractivity contribution in [2.75, 3.05) is 0 Å². The Labute approximate surface area is 102 Å². The third-order valence-corrected chi connectivity index (χ3v) is 3.98. The largest absolute Gasteiger partial charge is 0.229 e. The Morgan fingerprint density at radius 3 is 3.12 bits per heavy atom. The van der Waals surface area contributed by atoms with Gasteiger partial charge in [0.15, 0.2) is 5.65 Å². The molecule has 0 unspecified atom stereocenters. The number of fused-ring (bicyclic) bond motifs is 5. The van der Waals surface area contributed by atoms with E-state index in [1.807, 2.05) is 0 Å². The molecule has 0 spiro atoms. The highest BCUT2D eigenvalue weighted by Crippen LogP contribution is 2.41. The first kappa shape index (κ1) is 9.18. The molecule has 0 fully saturated rings. The van der Waals surface area contributed by atoms with Crippen LogP contribution in [0.4, 0.5) is 0 Å². The van der Waals surface area contributed by atoms with E-state index in [9.17, 15) is 0 Å². The minimum absolute atomic E-state index is 0.884. The van der Waals surface area contributed by atoms with Crippen LogP contribution in [0.15, 0.2) is 41.9 Å². The summed E-state index contributed by atoms with van der Waals surface area (Å²) in [5.74, 6) is 0.973. The molecule has 0 radical (unpaired) electrons. The van der Waals surface area contributed by atoms with Crippen LogP contribution in [0.25, 0.3) is 16.8 Å². The first-order valence-corrected chi connectivity index (χ1v) is 6.31. The number of rotatable bonds is 0. The summed E-state index contributed by atoms with van der Waals surface area (Å²) in [7, 11) is 0. The normalized spacial score (nSPS) is 13.4. The summed E-state index contributed by atoms with van der Waals surface area (Å²) in [6.45, 7) is 0. The van der Waals surface area contributed by atoms with Crippen LogP contribution in [0, 0.1) is 0 Å². The fraction of sp³-hybridized carbons (Fsp3) is 0.0833. The summed E-state index contributed by atoms with van der Waals surface area (Å²) < 4.78 is 1.72. The first-order chi connectivity index (χ1) is 8.43. The lowest BCUT2D eigenvalue weighted by molar-refractivity contribution is 0.892. The monoisotopic (exact) mass is 240 g/mol. The zero-order chi connectivity index (χ0) is 11.2. The fourth-order valence-corrected chi connectivity index (χ4v) is 3.17. The van der Waals surface area contributed by atoms with Crippen LogP contribution in [-0.4, -0.2) is 19.6 Å². The summed E-state index contributed by atoms with van der Waals surface area (Å²) in [4.78, 5) is 8.77. The third-order valence-electron chi connectivity index (χ3n) is 2.95. The van der Waals surface area contributed by atoms with Gasteiger partial charge in [0.05, 0.1) is 5.56 Å². The van der Waals surface area contributed by atoms with Crippen LogP contribution in [-0.2, 0) is 5.75 Å². The molecule has 0 N–H and O–H groups in total. The number of benzene rings is 1. The number of hydrogen-bond donors (Lipinski definition) is 0. The van der Waals surface area contributed by atoms with E-state index < -0.39 is 0 Å². The van der Waals surface area contributed by atoms with Gasteiger partial charge in [0, 0.05) is 5.75 Å². The maximum absolute atomic E-state index is 4.44. The molecular weight excluding hydrogens is 232 g/mol. The second kappa shape index (κ2) is 3.30. The van der Waals surface area contributed by atoms with Gasteiger partial charge in [-0.2, -0.15) is 5.10 Å². The average molecular weight is 240 g/mol. The lowest BCUT2D eigenvalue weighted by Gasteiger charge is -2.17. The maximum atomic E-state index is 4.44. The molecule has 3 heterocycles. The SMILES string of the molecule is c1ccc2c(c1)CSc1ncn3ncnc3c1-2. The Morgan fingerprint density at radius 1 is 1.18 bits per heavy atom. The van der Waals surface area contributed by atoms with Crippen molar-refractivity contribution < 1.29 is 0 Å². The lowest BCUT2D eigenvalue weighted by Crippen LogP contribution is -2.02. The molecule has 3 aromatic rings. The predicted octanol–water partition coefficient (Wildman–Crippen LogP) is 2.40.